The topological polar surface area (TPSA) is 26.3 Å². The first-order valence-corrected chi connectivity index (χ1v) is 9.83. The van der Waals surface area contributed by atoms with Crippen LogP contribution in [-0.2, 0) is 11.2 Å². The lowest BCUT2D eigenvalue weighted by Gasteiger charge is -2.53. The van der Waals surface area contributed by atoms with E-state index in [2.05, 4.69) is 38.6 Å². The molecule has 1 aromatic carbocycles. The summed E-state index contributed by atoms with van der Waals surface area (Å²) in [5, 5.41) is 0. The van der Waals surface area contributed by atoms with E-state index in [1.54, 1.807) is 0 Å². The lowest BCUT2D eigenvalue weighted by atomic mass is 9.51. The van der Waals surface area contributed by atoms with Crippen molar-refractivity contribution in [1.29, 1.82) is 0 Å². The van der Waals surface area contributed by atoms with E-state index < -0.39 is 0 Å². The normalized spacial score (nSPS) is 39.1. The maximum Gasteiger partial charge on any atom is 0.308 e. The average Bonchev–Trinajstić information content (AvgIpc) is 2.86. The lowest BCUT2D eigenvalue weighted by Crippen LogP contribution is -2.45. The molecule has 1 aromatic rings. The third-order valence-corrected chi connectivity index (χ3v) is 8.08. The molecule has 0 saturated heterocycles. The zero-order valence-electron chi connectivity index (χ0n) is 15.8. The van der Waals surface area contributed by atoms with E-state index in [1.165, 1.54) is 50.2 Å². The molecular formula is C23H30O2. The van der Waals surface area contributed by atoms with Crippen LogP contribution in [0, 0.1) is 22.7 Å². The van der Waals surface area contributed by atoms with Gasteiger partial charge in [-0.05, 0) is 90.4 Å². The highest BCUT2D eigenvalue weighted by Gasteiger charge is 2.58. The van der Waals surface area contributed by atoms with E-state index in [0.29, 0.717) is 22.5 Å². The summed E-state index contributed by atoms with van der Waals surface area (Å²) in [6, 6.07) is 6.32. The summed E-state index contributed by atoms with van der Waals surface area (Å²) in [5.41, 5.74) is 3.61. The Bertz CT molecular complexity index is 721. The van der Waals surface area contributed by atoms with Crippen molar-refractivity contribution in [3.05, 3.63) is 42.0 Å². The lowest BCUT2D eigenvalue weighted by molar-refractivity contribution is -0.131. The fourth-order valence-electron chi connectivity index (χ4n) is 6.43. The van der Waals surface area contributed by atoms with Crippen LogP contribution in [-0.4, -0.2) is 5.97 Å². The molecule has 0 amide bonds. The number of ether oxygens (including phenoxy) is 1. The third kappa shape index (κ3) is 2.40. The monoisotopic (exact) mass is 338 g/mol. The second-order valence-electron chi connectivity index (χ2n) is 8.99. The number of allylic oxidation sites excluding steroid dienone is 1. The minimum atomic E-state index is -0.239. The number of benzene rings is 1. The van der Waals surface area contributed by atoms with Gasteiger partial charge in [-0.1, -0.05) is 26.0 Å². The zero-order valence-corrected chi connectivity index (χ0v) is 15.8. The molecule has 0 N–H and O–H groups in total. The molecule has 0 aromatic heterocycles. The molecule has 2 nitrogen and oxygen atoms in total. The number of carbonyl (C=O) groups is 1. The van der Waals surface area contributed by atoms with Crippen molar-refractivity contribution in [3.8, 4) is 5.75 Å². The van der Waals surface area contributed by atoms with Crippen LogP contribution in [0.2, 0.25) is 0 Å². The molecule has 0 aliphatic heterocycles. The van der Waals surface area contributed by atoms with Gasteiger partial charge in [0.15, 0.2) is 0 Å². The average molecular weight is 338 g/mol. The number of aryl methyl sites for hydroxylation is 1. The summed E-state index contributed by atoms with van der Waals surface area (Å²) in [5.74, 6) is 2.76. The number of rotatable bonds is 2. The first-order chi connectivity index (χ1) is 11.9. The van der Waals surface area contributed by atoms with Gasteiger partial charge in [-0.15, -0.1) is 6.58 Å². The fourth-order valence-corrected chi connectivity index (χ4v) is 6.43. The minimum absolute atomic E-state index is 0.239. The Hall–Kier alpha value is -1.57. The van der Waals surface area contributed by atoms with Crippen molar-refractivity contribution in [2.75, 3.05) is 0 Å². The summed E-state index contributed by atoms with van der Waals surface area (Å²) >= 11 is 0. The second kappa shape index (κ2) is 5.72. The van der Waals surface area contributed by atoms with Crippen molar-refractivity contribution >= 4 is 5.97 Å². The molecule has 4 rings (SSSR count). The van der Waals surface area contributed by atoms with Crippen molar-refractivity contribution in [2.45, 2.75) is 65.2 Å². The van der Waals surface area contributed by atoms with Gasteiger partial charge in [-0.25, -0.2) is 0 Å². The highest BCUT2D eigenvalue weighted by Crippen LogP contribution is 2.67. The third-order valence-electron chi connectivity index (χ3n) is 8.08. The molecule has 2 fully saturated rings. The van der Waals surface area contributed by atoms with Gasteiger partial charge in [-0.3, -0.25) is 4.79 Å². The molecule has 3 aliphatic carbocycles. The first-order valence-electron chi connectivity index (χ1n) is 9.83. The standard InChI is InChI=1S/C23H30O2/c1-5-22(3)12-11-21-20-8-6-16-14-17(25-15(2)24)7-9-18(16)19(20)10-13-23(21,22)4/h5,7,9,14,19-21H,1,6,8,10-13H2,2-4H3/t19-,20-,21+,22+,23+/m1/s1. The number of fused-ring (bicyclic) bond motifs is 5. The molecule has 0 radical (unpaired) electrons. The van der Waals surface area contributed by atoms with E-state index >= 15 is 0 Å². The molecule has 0 spiro atoms. The first kappa shape index (κ1) is 16.9. The summed E-state index contributed by atoms with van der Waals surface area (Å²) in [6.45, 7) is 10.6. The van der Waals surface area contributed by atoms with Gasteiger partial charge in [-0.2, -0.15) is 0 Å². The van der Waals surface area contributed by atoms with E-state index in [1.807, 2.05) is 6.07 Å². The fraction of sp³-hybridized carbons (Fsp3) is 0.609. The molecule has 25 heavy (non-hydrogen) atoms. The number of carbonyl (C=O) groups excluding carboxylic acids is 1. The van der Waals surface area contributed by atoms with E-state index in [4.69, 9.17) is 4.74 Å². The van der Waals surface area contributed by atoms with Gasteiger partial charge in [0.2, 0.25) is 0 Å². The highest BCUT2D eigenvalue weighted by atomic mass is 16.5. The van der Waals surface area contributed by atoms with Gasteiger partial charge in [0.25, 0.3) is 0 Å². The molecule has 5 atom stereocenters. The number of hydrogen-bond acceptors (Lipinski definition) is 2. The summed E-state index contributed by atoms with van der Waals surface area (Å²) in [7, 11) is 0. The van der Waals surface area contributed by atoms with Crippen LogP contribution in [0.4, 0.5) is 0 Å². The van der Waals surface area contributed by atoms with Crippen LogP contribution in [0.15, 0.2) is 30.9 Å². The van der Waals surface area contributed by atoms with Crippen LogP contribution in [0.3, 0.4) is 0 Å². The Kier molecular flexibility index (Phi) is 3.86. The van der Waals surface area contributed by atoms with Gasteiger partial charge < -0.3 is 4.74 Å². The Balaban J connectivity index is 1.64. The Morgan fingerprint density at radius 1 is 1.24 bits per heavy atom. The van der Waals surface area contributed by atoms with Crippen LogP contribution in [0.25, 0.3) is 0 Å². The Morgan fingerprint density at radius 3 is 2.76 bits per heavy atom. The van der Waals surface area contributed by atoms with Gasteiger partial charge in [0, 0.05) is 6.92 Å². The Morgan fingerprint density at radius 2 is 2.04 bits per heavy atom. The van der Waals surface area contributed by atoms with Crippen molar-refractivity contribution in [2.24, 2.45) is 22.7 Å². The van der Waals surface area contributed by atoms with E-state index in [0.717, 1.165) is 18.3 Å². The molecule has 2 saturated carbocycles. The maximum atomic E-state index is 11.2. The Labute approximate surface area is 151 Å². The zero-order chi connectivity index (χ0) is 17.8. The predicted molar refractivity (Wildman–Crippen MR) is 101 cm³/mol. The largest absolute Gasteiger partial charge is 0.427 e. The van der Waals surface area contributed by atoms with Crippen LogP contribution in [0.5, 0.6) is 5.75 Å². The van der Waals surface area contributed by atoms with Gasteiger partial charge >= 0.3 is 5.97 Å². The summed E-state index contributed by atoms with van der Waals surface area (Å²) in [6.07, 6.45) is 9.85. The number of hydrogen-bond donors (Lipinski definition) is 0. The summed E-state index contributed by atoms with van der Waals surface area (Å²) < 4.78 is 5.29. The van der Waals surface area contributed by atoms with Gasteiger partial charge in [0.05, 0.1) is 0 Å². The number of esters is 1. The molecule has 2 heteroatoms. The van der Waals surface area contributed by atoms with E-state index in [-0.39, 0.29) is 5.97 Å². The van der Waals surface area contributed by atoms with Crippen LogP contribution >= 0.6 is 0 Å². The molecule has 0 heterocycles. The second-order valence-corrected chi connectivity index (χ2v) is 8.99. The van der Waals surface area contributed by atoms with E-state index in [9.17, 15) is 4.79 Å². The highest BCUT2D eigenvalue weighted by molar-refractivity contribution is 5.69. The SMILES string of the molecule is C=C[C@@]1(C)CC[C@H]2[C@@H]3CCc4cc(OC(C)=O)ccc4[C@H]3CC[C@@]21C. The minimum Gasteiger partial charge on any atom is -0.427 e. The predicted octanol–water partition coefficient (Wildman–Crippen LogP) is 5.66. The quantitative estimate of drug-likeness (QED) is 0.395. The maximum absolute atomic E-state index is 11.2. The molecular weight excluding hydrogens is 308 g/mol. The molecule has 0 bridgehead atoms. The van der Waals surface area contributed by atoms with Crippen molar-refractivity contribution < 1.29 is 9.53 Å². The summed E-state index contributed by atoms with van der Waals surface area (Å²) in [4.78, 5) is 11.2. The van der Waals surface area contributed by atoms with Crippen molar-refractivity contribution in [1.82, 2.24) is 0 Å². The van der Waals surface area contributed by atoms with Crippen LogP contribution in [0.1, 0.15) is 69.9 Å². The smallest absolute Gasteiger partial charge is 0.308 e. The van der Waals surface area contributed by atoms with Crippen molar-refractivity contribution in [3.63, 3.8) is 0 Å². The molecule has 0 unspecified atom stereocenters. The van der Waals surface area contributed by atoms with Crippen LogP contribution < -0.4 is 4.74 Å². The molecule has 3 aliphatic rings. The molecule has 134 valence electrons. The van der Waals surface area contributed by atoms with Gasteiger partial charge in [0.1, 0.15) is 5.75 Å².